The molecule has 2 nitrogen and oxygen atoms in total. The highest BCUT2D eigenvalue weighted by molar-refractivity contribution is 5.72. The van der Waals surface area contributed by atoms with Crippen molar-refractivity contribution in [2.45, 2.75) is 39.2 Å². The van der Waals surface area contributed by atoms with Gasteiger partial charge in [0.05, 0.1) is 11.4 Å². The van der Waals surface area contributed by atoms with Crippen LogP contribution in [0, 0.1) is 12.7 Å². The van der Waals surface area contributed by atoms with Crippen molar-refractivity contribution in [1.82, 2.24) is 0 Å². The van der Waals surface area contributed by atoms with Crippen LogP contribution in [0.4, 0.5) is 15.8 Å². The summed E-state index contributed by atoms with van der Waals surface area (Å²) in [4.78, 5) is 0. The van der Waals surface area contributed by atoms with Gasteiger partial charge >= 0.3 is 0 Å². The fourth-order valence-corrected chi connectivity index (χ4v) is 2.08. The number of nitrogens with one attached hydrogen (secondary N) is 2. The molecule has 3 heteroatoms. The van der Waals surface area contributed by atoms with Crippen LogP contribution in [0.2, 0.25) is 0 Å². The highest BCUT2D eigenvalue weighted by atomic mass is 19.1. The third-order valence-corrected chi connectivity index (χ3v) is 3.10. The van der Waals surface area contributed by atoms with Crippen LogP contribution in [0.15, 0.2) is 12.1 Å². The molecular weight excluding hydrogens is 203 g/mol. The smallest absolute Gasteiger partial charge is 0.128 e. The Morgan fingerprint density at radius 2 is 2.19 bits per heavy atom. The van der Waals surface area contributed by atoms with Gasteiger partial charge in [-0.3, -0.25) is 0 Å². The molecule has 1 aromatic carbocycles. The van der Waals surface area contributed by atoms with Crippen molar-refractivity contribution in [2.24, 2.45) is 0 Å². The van der Waals surface area contributed by atoms with Crippen molar-refractivity contribution >= 4 is 11.4 Å². The van der Waals surface area contributed by atoms with E-state index in [1.165, 1.54) is 19.3 Å². The predicted octanol–water partition coefficient (Wildman–Crippen LogP) is 3.53. The molecule has 1 unspecified atom stereocenters. The first-order valence-corrected chi connectivity index (χ1v) is 6.01. The lowest BCUT2D eigenvalue weighted by atomic mass is 10.0. The van der Waals surface area contributed by atoms with Gasteiger partial charge in [0, 0.05) is 12.6 Å². The van der Waals surface area contributed by atoms with E-state index in [-0.39, 0.29) is 5.82 Å². The molecule has 16 heavy (non-hydrogen) atoms. The van der Waals surface area contributed by atoms with Crippen LogP contribution in [-0.4, -0.2) is 12.6 Å². The van der Waals surface area contributed by atoms with Crippen LogP contribution in [-0.2, 0) is 0 Å². The molecular formula is C13H19FN2. The zero-order valence-electron chi connectivity index (χ0n) is 9.94. The zero-order chi connectivity index (χ0) is 11.5. The summed E-state index contributed by atoms with van der Waals surface area (Å²) in [6, 6.07) is 3.93. The quantitative estimate of drug-likeness (QED) is 0.817. The SMILES string of the molecule is CCCCC1CNc2cc(F)c(C)cc2N1. The van der Waals surface area contributed by atoms with E-state index < -0.39 is 0 Å². The Labute approximate surface area is 96.2 Å². The molecule has 0 spiro atoms. The Morgan fingerprint density at radius 1 is 1.38 bits per heavy atom. The standard InChI is InChI=1S/C13H19FN2/c1-3-4-5-10-8-15-12-7-11(14)9(2)6-13(12)16-10/h6-7,10,15-16H,3-5,8H2,1-2H3. The summed E-state index contributed by atoms with van der Waals surface area (Å²) in [5.74, 6) is -0.139. The van der Waals surface area contributed by atoms with Gasteiger partial charge in [-0.1, -0.05) is 19.8 Å². The fourth-order valence-electron chi connectivity index (χ4n) is 2.08. The van der Waals surface area contributed by atoms with Crippen molar-refractivity contribution in [3.05, 3.63) is 23.5 Å². The van der Waals surface area contributed by atoms with Gasteiger partial charge in [0.1, 0.15) is 5.82 Å². The molecule has 1 aliphatic rings. The Bertz CT molecular complexity index is 376. The van der Waals surface area contributed by atoms with Crippen LogP contribution >= 0.6 is 0 Å². The molecule has 0 saturated carbocycles. The summed E-state index contributed by atoms with van der Waals surface area (Å²) in [6.07, 6.45) is 3.61. The maximum absolute atomic E-state index is 13.3. The van der Waals surface area contributed by atoms with Gasteiger partial charge < -0.3 is 10.6 Å². The van der Waals surface area contributed by atoms with E-state index in [0.717, 1.165) is 17.9 Å². The largest absolute Gasteiger partial charge is 0.381 e. The monoisotopic (exact) mass is 222 g/mol. The van der Waals surface area contributed by atoms with Crippen LogP contribution in [0.1, 0.15) is 31.7 Å². The number of benzene rings is 1. The number of anilines is 2. The van der Waals surface area contributed by atoms with Gasteiger partial charge in [0.25, 0.3) is 0 Å². The topological polar surface area (TPSA) is 24.1 Å². The van der Waals surface area contributed by atoms with Gasteiger partial charge in [-0.15, -0.1) is 0 Å². The normalized spacial score (nSPS) is 18.6. The number of aryl methyl sites for hydroxylation is 1. The third-order valence-electron chi connectivity index (χ3n) is 3.10. The molecule has 2 rings (SSSR count). The summed E-state index contributed by atoms with van der Waals surface area (Å²) >= 11 is 0. The van der Waals surface area contributed by atoms with Gasteiger partial charge in [-0.2, -0.15) is 0 Å². The molecule has 1 aromatic rings. The Morgan fingerprint density at radius 3 is 2.94 bits per heavy atom. The molecule has 0 aromatic heterocycles. The number of hydrogen-bond donors (Lipinski definition) is 2. The molecule has 2 N–H and O–H groups in total. The lowest BCUT2D eigenvalue weighted by molar-refractivity contribution is 0.608. The van der Waals surface area contributed by atoms with E-state index in [0.29, 0.717) is 11.6 Å². The second-order valence-corrected chi connectivity index (χ2v) is 4.51. The number of unbranched alkanes of at least 4 members (excludes halogenated alkanes) is 1. The molecule has 0 aliphatic carbocycles. The number of fused-ring (bicyclic) bond motifs is 1. The van der Waals surface area contributed by atoms with Gasteiger partial charge in [-0.05, 0) is 31.0 Å². The summed E-state index contributed by atoms with van der Waals surface area (Å²) < 4.78 is 13.3. The lowest BCUT2D eigenvalue weighted by Crippen LogP contribution is -2.33. The van der Waals surface area contributed by atoms with Crippen LogP contribution in [0.3, 0.4) is 0 Å². The van der Waals surface area contributed by atoms with Gasteiger partial charge in [-0.25, -0.2) is 4.39 Å². The van der Waals surface area contributed by atoms with Crippen molar-refractivity contribution in [3.8, 4) is 0 Å². The highest BCUT2D eigenvalue weighted by Gasteiger charge is 2.17. The molecule has 0 bridgehead atoms. The number of hydrogen-bond acceptors (Lipinski definition) is 2. The van der Waals surface area contributed by atoms with E-state index in [9.17, 15) is 4.39 Å². The molecule has 1 heterocycles. The maximum Gasteiger partial charge on any atom is 0.128 e. The summed E-state index contributed by atoms with van der Waals surface area (Å²) in [5, 5.41) is 6.76. The van der Waals surface area contributed by atoms with Gasteiger partial charge in [0.2, 0.25) is 0 Å². The first kappa shape index (κ1) is 11.2. The zero-order valence-corrected chi connectivity index (χ0v) is 9.94. The average molecular weight is 222 g/mol. The molecule has 88 valence electrons. The van der Waals surface area contributed by atoms with Crippen LogP contribution in [0.5, 0.6) is 0 Å². The van der Waals surface area contributed by atoms with Crippen LogP contribution in [0.25, 0.3) is 0 Å². The van der Waals surface area contributed by atoms with Crippen LogP contribution < -0.4 is 10.6 Å². The molecule has 0 amide bonds. The minimum absolute atomic E-state index is 0.139. The molecule has 1 aliphatic heterocycles. The lowest BCUT2D eigenvalue weighted by Gasteiger charge is -2.28. The highest BCUT2D eigenvalue weighted by Crippen LogP contribution is 2.29. The molecule has 0 fully saturated rings. The Hall–Kier alpha value is -1.25. The number of halogens is 1. The van der Waals surface area contributed by atoms with Gasteiger partial charge in [0.15, 0.2) is 0 Å². The molecule has 0 saturated heterocycles. The molecule has 1 atom stereocenters. The molecule has 0 radical (unpaired) electrons. The van der Waals surface area contributed by atoms with Crippen molar-refractivity contribution < 1.29 is 4.39 Å². The summed E-state index contributed by atoms with van der Waals surface area (Å²) in [7, 11) is 0. The third kappa shape index (κ3) is 2.29. The summed E-state index contributed by atoms with van der Waals surface area (Å²) in [6.45, 7) is 4.88. The second kappa shape index (κ2) is 4.73. The van der Waals surface area contributed by atoms with Crippen molar-refractivity contribution in [3.63, 3.8) is 0 Å². The summed E-state index contributed by atoms with van der Waals surface area (Å²) in [5.41, 5.74) is 2.62. The maximum atomic E-state index is 13.3. The number of rotatable bonds is 3. The minimum Gasteiger partial charge on any atom is -0.381 e. The first-order valence-electron chi connectivity index (χ1n) is 6.01. The Kier molecular flexibility index (Phi) is 3.32. The van der Waals surface area contributed by atoms with Crippen molar-refractivity contribution in [1.29, 1.82) is 0 Å². The van der Waals surface area contributed by atoms with E-state index in [2.05, 4.69) is 17.6 Å². The Balaban J connectivity index is 2.11. The van der Waals surface area contributed by atoms with E-state index in [1.54, 1.807) is 13.0 Å². The second-order valence-electron chi connectivity index (χ2n) is 4.51. The predicted molar refractivity (Wildman–Crippen MR) is 66.6 cm³/mol. The van der Waals surface area contributed by atoms with E-state index in [4.69, 9.17) is 0 Å². The first-order chi connectivity index (χ1) is 7.70. The van der Waals surface area contributed by atoms with E-state index >= 15 is 0 Å². The van der Waals surface area contributed by atoms with Crippen molar-refractivity contribution in [2.75, 3.05) is 17.2 Å². The fraction of sp³-hybridized carbons (Fsp3) is 0.538. The average Bonchev–Trinajstić information content (AvgIpc) is 2.28. The minimum atomic E-state index is -0.139. The van der Waals surface area contributed by atoms with E-state index in [1.807, 2.05) is 6.07 Å².